The summed E-state index contributed by atoms with van der Waals surface area (Å²) in [5, 5.41) is 0. The highest BCUT2D eigenvalue weighted by molar-refractivity contribution is 7.51. The molecule has 11 heteroatoms. The molecule has 0 aromatic carbocycles. The average Bonchev–Trinajstić information content (AvgIpc) is 2.95. The summed E-state index contributed by atoms with van der Waals surface area (Å²) in [6.07, 6.45) is 6.54. The lowest BCUT2D eigenvalue weighted by molar-refractivity contribution is 0.149. The zero-order valence-electron chi connectivity index (χ0n) is 13.7. The number of fused-ring (bicyclic) bond motifs is 1. The van der Waals surface area contributed by atoms with Gasteiger partial charge >= 0.3 is 7.60 Å². The van der Waals surface area contributed by atoms with Crippen LogP contribution in [0, 0.1) is 0 Å². The third-order valence-corrected chi connectivity index (χ3v) is 4.53. The zero-order valence-corrected chi connectivity index (χ0v) is 14.6. The van der Waals surface area contributed by atoms with Crippen LogP contribution in [-0.2, 0) is 15.8 Å². The van der Waals surface area contributed by atoms with Gasteiger partial charge in [-0.05, 0) is 25.7 Å². The summed E-state index contributed by atoms with van der Waals surface area (Å²) < 4.78 is 23.5. The van der Waals surface area contributed by atoms with E-state index in [9.17, 15) is 4.57 Å². The first-order valence-electron chi connectivity index (χ1n) is 8.20. The Morgan fingerprint density at radius 3 is 2.76 bits per heavy atom. The number of hydrogen-bond acceptors (Lipinski definition) is 7. The number of hydrogen-bond donors (Lipinski definition) is 3. The van der Waals surface area contributed by atoms with Gasteiger partial charge in [0.2, 0.25) is 11.8 Å². The van der Waals surface area contributed by atoms with Crippen LogP contribution in [0.3, 0.4) is 0 Å². The standard InChI is InChI=1S/C14H22N5O5P/c15-14-17-12-11(13(18-14)24-10-4-2-1-3-5-10)16-8-19(12)6-7-23-9-25(20,21)22/h8,10H,1-7,9H2,(H2,15,17,18)(H2,20,21,22). The Morgan fingerprint density at radius 1 is 1.28 bits per heavy atom. The van der Waals surface area contributed by atoms with Gasteiger partial charge in [0.15, 0.2) is 11.2 Å². The smallest absolute Gasteiger partial charge is 0.350 e. The van der Waals surface area contributed by atoms with Crippen molar-refractivity contribution in [1.82, 2.24) is 19.5 Å². The fraction of sp³-hybridized carbons (Fsp3) is 0.643. The average molecular weight is 371 g/mol. The highest BCUT2D eigenvalue weighted by Gasteiger charge is 2.20. The maximum absolute atomic E-state index is 10.8. The Balaban J connectivity index is 1.72. The Hall–Kier alpha value is -1.74. The molecule has 1 aliphatic carbocycles. The highest BCUT2D eigenvalue weighted by atomic mass is 31.2. The minimum absolute atomic E-state index is 0.0937. The molecule has 0 unspecified atom stereocenters. The second kappa shape index (κ2) is 7.65. The number of rotatable bonds is 7. The highest BCUT2D eigenvalue weighted by Crippen LogP contribution is 2.33. The van der Waals surface area contributed by atoms with Crippen molar-refractivity contribution in [1.29, 1.82) is 0 Å². The van der Waals surface area contributed by atoms with Crippen LogP contribution in [0.4, 0.5) is 5.95 Å². The van der Waals surface area contributed by atoms with Gasteiger partial charge in [-0.3, -0.25) is 4.57 Å². The molecule has 0 saturated heterocycles. The van der Waals surface area contributed by atoms with Gasteiger partial charge < -0.3 is 29.6 Å². The van der Waals surface area contributed by atoms with Crippen LogP contribution < -0.4 is 10.5 Å². The summed E-state index contributed by atoms with van der Waals surface area (Å²) in [7, 11) is -4.17. The Morgan fingerprint density at radius 2 is 2.04 bits per heavy atom. The number of nitrogens with two attached hydrogens (primary N) is 1. The minimum Gasteiger partial charge on any atom is -0.473 e. The topological polar surface area (TPSA) is 146 Å². The van der Waals surface area contributed by atoms with Crippen molar-refractivity contribution < 1.29 is 23.8 Å². The first-order valence-corrected chi connectivity index (χ1v) is 9.99. The van der Waals surface area contributed by atoms with Gasteiger partial charge in [-0.25, -0.2) is 4.98 Å². The molecule has 0 aliphatic heterocycles. The van der Waals surface area contributed by atoms with E-state index in [2.05, 4.69) is 15.0 Å². The molecule has 1 fully saturated rings. The van der Waals surface area contributed by atoms with Crippen LogP contribution in [0.15, 0.2) is 6.33 Å². The fourth-order valence-electron chi connectivity index (χ4n) is 2.87. The van der Waals surface area contributed by atoms with Crippen molar-refractivity contribution in [3.05, 3.63) is 6.33 Å². The van der Waals surface area contributed by atoms with Gasteiger partial charge in [-0.15, -0.1) is 0 Å². The van der Waals surface area contributed by atoms with Crippen molar-refractivity contribution >= 4 is 24.7 Å². The summed E-state index contributed by atoms with van der Waals surface area (Å²) in [4.78, 5) is 30.2. The first-order chi connectivity index (χ1) is 11.9. The molecule has 10 nitrogen and oxygen atoms in total. The maximum Gasteiger partial charge on any atom is 0.350 e. The Bertz CT molecular complexity index is 770. The summed E-state index contributed by atoms with van der Waals surface area (Å²) in [6.45, 7) is 0.440. The number of nitrogen functional groups attached to an aromatic ring is 1. The van der Waals surface area contributed by atoms with Crippen LogP contribution in [0.5, 0.6) is 5.88 Å². The van der Waals surface area contributed by atoms with E-state index >= 15 is 0 Å². The molecule has 25 heavy (non-hydrogen) atoms. The largest absolute Gasteiger partial charge is 0.473 e. The molecule has 138 valence electrons. The Labute approximate surface area is 144 Å². The molecule has 0 radical (unpaired) electrons. The lowest BCUT2D eigenvalue weighted by Crippen LogP contribution is -2.20. The van der Waals surface area contributed by atoms with E-state index in [1.54, 1.807) is 10.9 Å². The zero-order chi connectivity index (χ0) is 17.9. The third-order valence-electron chi connectivity index (χ3n) is 4.02. The molecule has 2 aromatic rings. The lowest BCUT2D eigenvalue weighted by Gasteiger charge is -2.22. The second-order valence-electron chi connectivity index (χ2n) is 6.08. The molecule has 1 aliphatic rings. The normalized spacial score (nSPS) is 16.4. The van der Waals surface area contributed by atoms with Crippen molar-refractivity contribution in [3.63, 3.8) is 0 Å². The molecule has 0 amide bonds. The van der Waals surface area contributed by atoms with Crippen molar-refractivity contribution in [2.75, 3.05) is 18.7 Å². The molecule has 2 aromatic heterocycles. The number of nitrogens with zero attached hydrogens (tertiary/aromatic N) is 4. The predicted octanol–water partition coefficient (Wildman–Crippen LogP) is 1.27. The predicted molar refractivity (Wildman–Crippen MR) is 90.1 cm³/mol. The van der Waals surface area contributed by atoms with Crippen molar-refractivity contribution in [3.8, 4) is 5.88 Å². The van der Waals surface area contributed by atoms with Gasteiger partial charge in [-0.2, -0.15) is 9.97 Å². The summed E-state index contributed by atoms with van der Waals surface area (Å²) in [5.41, 5.74) is 6.83. The number of ether oxygens (including phenoxy) is 2. The molecule has 1 saturated carbocycles. The third kappa shape index (κ3) is 4.88. The molecular weight excluding hydrogens is 349 g/mol. The summed E-state index contributed by atoms with van der Waals surface area (Å²) in [5.74, 6) is 0.473. The molecule has 0 atom stereocenters. The molecule has 0 spiro atoms. The molecule has 4 N–H and O–H groups in total. The van der Waals surface area contributed by atoms with Crippen molar-refractivity contribution in [2.45, 2.75) is 44.8 Å². The van der Waals surface area contributed by atoms with E-state index < -0.39 is 13.9 Å². The number of aromatic nitrogens is 4. The van der Waals surface area contributed by atoms with Gasteiger partial charge in [0.25, 0.3) is 0 Å². The number of anilines is 1. The van der Waals surface area contributed by atoms with E-state index in [4.69, 9.17) is 25.0 Å². The monoisotopic (exact) mass is 371 g/mol. The quantitative estimate of drug-likeness (QED) is 0.484. The molecule has 2 heterocycles. The van der Waals surface area contributed by atoms with E-state index in [0.29, 0.717) is 23.6 Å². The fourth-order valence-corrected chi connectivity index (χ4v) is 3.23. The number of imidazole rings is 1. The summed E-state index contributed by atoms with van der Waals surface area (Å²) in [6, 6.07) is 0. The van der Waals surface area contributed by atoms with Gasteiger partial charge in [-0.1, -0.05) is 6.42 Å². The summed E-state index contributed by atoms with van der Waals surface area (Å²) >= 11 is 0. The van der Waals surface area contributed by atoms with Crippen LogP contribution in [0.25, 0.3) is 11.2 Å². The lowest BCUT2D eigenvalue weighted by atomic mass is 9.98. The Kier molecular flexibility index (Phi) is 5.53. The van der Waals surface area contributed by atoms with Crippen molar-refractivity contribution in [2.24, 2.45) is 0 Å². The van der Waals surface area contributed by atoms with E-state index in [-0.39, 0.29) is 18.7 Å². The van der Waals surface area contributed by atoms with Gasteiger partial charge in [0.1, 0.15) is 12.5 Å². The van der Waals surface area contributed by atoms with Crippen LogP contribution in [0.1, 0.15) is 32.1 Å². The van der Waals surface area contributed by atoms with E-state index in [1.807, 2.05) is 0 Å². The van der Waals surface area contributed by atoms with Crippen LogP contribution in [0.2, 0.25) is 0 Å². The SMILES string of the molecule is Nc1nc(OC2CCCCC2)c2ncn(CCOCP(=O)(O)O)c2n1. The molecule has 0 bridgehead atoms. The first kappa shape index (κ1) is 18.1. The molecule has 3 rings (SSSR count). The van der Waals surface area contributed by atoms with Crippen LogP contribution >= 0.6 is 7.60 Å². The second-order valence-corrected chi connectivity index (χ2v) is 7.66. The maximum atomic E-state index is 10.8. The molecular formula is C14H22N5O5P. The van der Waals surface area contributed by atoms with Gasteiger partial charge in [0.05, 0.1) is 12.9 Å². The van der Waals surface area contributed by atoms with E-state index in [1.165, 1.54) is 6.42 Å². The van der Waals surface area contributed by atoms with E-state index in [0.717, 1.165) is 25.7 Å². The van der Waals surface area contributed by atoms with Gasteiger partial charge in [0, 0.05) is 6.54 Å². The van der Waals surface area contributed by atoms with Crippen LogP contribution in [-0.4, -0.2) is 48.4 Å². The minimum atomic E-state index is -4.17.